The third-order valence-corrected chi connectivity index (χ3v) is 6.16. The van der Waals surface area contributed by atoms with Gasteiger partial charge in [-0.25, -0.2) is 0 Å². The zero-order chi connectivity index (χ0) is 13.7. The molecule has 0 aliphatic carbocycles. The molecule has 1 N–H and O–H groups in total. The fourth-order valence-electron chi connectivity index (χ4n) is 2.93. The van der Waals surface area contributed by atoms with E-state index in [4.69, 9.17) is 4.74 Å². The minimum absolute atomic E-state index is 0.0585. The van der Waals surface area contributed by atoms with Gasteiger partial charge in [-0.15, -0.1) is 0 Å². The molecule has 20 heavy (non-hydrogen) atoms. The summed E-state index contributed by atoms with van der Waals surface area (Å²) >= 11 is 2.76. The average Bonchev–Trinajstić information content (AvgIpc) is 3.00. The van der Waals surface area contributed by atoms with E-state index in [2.05, 4.69) is 4.98 Å². The first kappa shape index (κ1) is 12.2. The Balaban J connectivity index is 1.91. The number of thioether (sulfide) groups is 1. The Bertz CT molecular complexity index is 722. The number of H-pyrrole nitrogens is 1. The predicted octanol–water partition coefficient (Wildman–Crippen LogP) is 2.22. The molecule has 1 fully saturated rings. The van der Waals surface area contributed by atoms with Crippen molar-refractivity contribution in [2.24, 2.45) is 5.92 Å². The van der Waals surface area contributed by atoms with Crippen molar-refractivity contribution in [1.29, 1.82) is 0 Å². The lowest BCUT2D eigenvalue weighted by Crippen LogP contribution is -2.29. The first-order valence-electron chi connectivity index (χ1n) is 6.35. The first-order valence-corrected chi connectivity index (χ1v) is 8.05. The number of cyclic esters (lactones) is 1. The van der Waals surface area contributed by atoms with Crippen LogP contribution in [0, 0.1) is 5.92 Å². The van der Waals surface area contributed by atoms with Crippen molar-refractivity contribution in [3.05, 3.63) is 50.4 Å². The van der Waals surface area contributed by atoms with Gasteiger partial charge < -0.3 is 9.72 Å². The molecule has 0 saturated carbocycles. The Kier molecular flexibility index (Phi) is 2.75. The Morgan fingerprint density at radius 3 is 2.80 bits per heavy atom. The topological polar surface area (TPSA) is 59.2 Å². The molecule has 1 saturated heterocycles. The smallest absolute Gasteiger partial charge is 0.311 e. The fourth-order valence-corrected chi connectivity index (χ4v) is 5.41. The van der Waals surface area contributed by atoms with E-state index >= 15 is 0 Å². The van der Waals surface area contributed by atoms with Crippen LogP contribution in [0.1, 0.15) is 16.4 Å². The highest BCUT2D eigenvalue weighted by Gasteiger charge is 2.49. The number of nitrogens with one attached hydrogen (secondary N) is 1. The van der Waals surface area contributed by atoms with Crippen LogP contribution in [0.25, 0.3) is 0 Å². The van der Waals surface area contributed by atoms with Crippen molar-refractivity contribution in [1.82, 2.24) is 4.98 Å². The van der Waals surface area contributed by atoms with Crippen LogP contribution in [0.2, 0.25) is 0 Å². The van der Waals surface area contributed by atoms with Crippen LogP contribution < -0.4 is 4.87 Å². The Labute approximate surface area is 123 Å². The number of benzene rings is 1. The lowest BCUT2D eigenvalue weighted by molar-refractivity contribution is -0.141. The maximum absolute atomic E-state index is 12.1. The molecule has 6 heteroatoms. The quantitative estimate of drug-likeness (QED) is 0.821. The van der Waals surface area contributed by atoms with Gasteiger partial charge in [0.2, 0.25) is 0 Å². The van der Waals surface area contributed by atoms with E-state index in [-0.39, 0.29) is 27.9 Å². The summed E-state index contributed by atoms with van der Waals surface area (Å²) in [4.78, 5) is 27.5. The summed E-state index contributed by atoms with van der Waals surface area (Å²) in [6.07, 6.45) is 0. The summed E-state index contributed by atoms with van der Waals surface area (Å²) in [5, 5.41) is 0.985. The Morgan fingerprint density at radius 2 is 2.00 bits per heavy atom. The van der Waals surface area contributed by atoms with E-state index in [1.165, 1.54) is 11.3 Å². The molecule has 0 spiro atoms. The van der Waals surface area contributed by atoms with Crippen LogP contribution >= 0.6 is 23.1 Å². The van der Waals surface area contributed by atoms with Gasteiger partial charge >= 0.3 is 10.8 Å². The predicted molar refractivity (Wildman–Crippen MR) is 77.3 cm³/mol. The standard InChI is InChI=1S/C14H11NO3S2/c16-13-10-8(6-18-13)19-12-11(20-14(17)15-12)9(10)7-4-2-1-3-5-7/h1-5,8-10H,6H2,(H,15,17)/t8-,9-,10+/m0/s1. The van der Waals surface area contributed by atoms with Crippen LogP contribution in [0.15, 0.2) is 40.2 Å². The van der Waals surface area contributed by atoms with Crippen LogP contribution in [-0.4, -0.2) is 22.8 Å². The van der Waals surface area contributed by atoms with Crippen molar-refractivity contribution in [3.63, 3.8) is 0 Å². The number of hydrogen-bond donors (Lipinski definition) is 1. The van der Waals surface area contributed by atoms with E-state index in [0.29, 0.717) is 6.61 Å². The molecule has 1 aromatic carbocycles. The van der Waals surface area contributed by atoms with Gasteiger partial charge in [-0.05, 0) is 5.56 Å². The molecule has 4 rings (SSSR count). The number of esters is 1. The largest absolute Gasteiger partial charge is 0.464 e. The molecule has 2 aliphatic rings. The zero-order valence-corrected chi connectivity index (χ0v) is 12.0. The second kappa shape index (κ2) is 4.49. The van der Waals surface area contributed by atoms with Crippen LogP contribution in [-0.2, 0) is 9.53 Å². The minimum atomic E-state index is -0.193. The SMILES string of the molecule is O=C1OC[C@@H]2Sc3[nH]c(=O)sc3[C@@H](c3ccccc3)[C@H]12. The number of fused-ring (bicyclic) bond motifs is 2. The molecule has 0 amide bonds. The number of ether oxygens (including phenoxy) is 1. The average molecular weight is 305 g/mol. The maximum atomic E-state index is 12.1. The number of carbonyl (C=O) groups is 1. The molecule has 1 aromatic heterocycles. The van der Waals surface area contributed by atoms with Gasteiger partial charge in [0, 0.05) is 10.8 Å². The third kappa shape index (κ3) is 1.75. The molecule has 0 bridgehead atoms. The molecular weight excluding hydrogens is 294 g/mol. The minimum Gasteiger partial charge on any atom is -0.464 e. The number of aromatic amines is 1. The molecule has 2 aromatic rings. The highest BCUT2D eigenvalue weighted by Crippen LogP contribution is 2.51. The van der Waals surface area contributed by atoms with E-state index < -0.39 is 0 Å². The van der Waals surface area contributed by atoms with E-state index in [9.17, 15) is 9.59 Å². The first-order chi connectivity index (χ1) is 9.74. The zero-order valence-electron chi connectivity index (χ0n) is 10.4. The summed E-state index contributed by atoms with van der Waals surface area (Å²) in [6, 6.07) is 9.89. The molecule has 0 radical (unpaired) electrons. The van der Waals surface area contributed by atoms with Gasteiger partial charge in [-0.3, -0.25) is 9.59 Å². The molecule has 4 nitrogen and oxygen atoms in total. The van der Waals surface area contributed by atoms with Crippen LogP contribution in [0.5, 0.6) is 0 Å². The fraction of sp³-hybridized carbons (Fsp3) is 0.286. The lowest BCUT2D eigenvalue weighted by atomic mass is 9.83. The molecule has 3 atom stereocenters. The van der Waals surface area contributed by atoms with Crippen LogP contribution in [0.4, 0.5) is 0 Å². The number of hydrogen-bond acceptors (Lipinski definition) is 5. The van der Waals surface area contributed by atoms with Gasteiger partial charge in [0.1, 0.15) is 6.61 Å². The van der Waals surface area contributed by atoms with Crippen molar-refractivity contribution < 1.29 is 9.53 Å². The normalized spacial score (nSPS) is 27.8. The van der Waals surface area contributed by atoms with E-state index in [0.717, 1.165) is 15.5 Å². The number of rotatable bonds is 1. The highest BCUT2D eigenvalue weighted by molar-refractivity contribution is 8.00. The second-order valence-electron chi connectivity index (χ2n) is 4.91. The number of thiazole rings is 1. The lowest BCUT2D eigenvalue weighted by Gasteiger charge is -2.29. The Hall–Kier alpha value is -1.53. The monoisotopic (exact) mass is 305 g/mol. The molecule has 102 valence electrons. The van der Waals surface area contributed by atoms with Gasteiger partial charge in [0.25, 0.3) is 0 Å². The summed E-state index contributed by atoms with van der Waals surface area (Å²) in [5.74, 6) is -0.416. The summed E-state index contributed by atoms with van der Waals surface area (Å²) < 4.78 is 5.24. The molecule has 3 heterocycles. The number of carbonyl (C=O) groups excluding carboxylic acids is 1. The third-order valence-electron chi connectivity index (χ3n) is 3.77. The van der Waals surface area contributed by atoms with Gasteiger partial charge in [-0.2, -0.15) is 0 Å². The molecular formula is C14H11NO3S2. The van der Waals surface area contributed by atoms with Gasteiger partial charge in [0.15, 0.2) is 0 Å². The van der Waals surface area contributed by atoms with Gasteiger partial charge in [-0.1, -0.05) is 53.4 Å². The van der Waals surface area contributed by atoms with Crippen molar-refractivity contribution in [2.45, 2.75) is 16.2 Å². The molecule has 2 aliphatic heterocycles. The van der Waals surface area contributed by atoms with Crippen molar-refractivity contribution in [3.8, 4) is 0 Å². The number of aromatic nitrogens is 1. The van der Waals surface area contributed by atoms with E-state index in [1.807, 2.05) is 30.3 Å². The van der Waals surface area contributed by atoms with Crippen molar-refractivity contribution >= 4 is 29.1 Å². The van der Waals surface area contributed by atoms with Crippen LogP contribution in [0.3, 0.4) is 0 Å². The molecule has 0 unspecified atom stereocenters. The van der Waals surface area contributed by atoms with E-state index in [1.54, 1.807) is 11.8 Å². The Morgan fingerprint density at radius 1 is 1.20 bits per heavy atom. The van der Waals surface area contributed by atoms with Gasteiger partial charge in [0.05, 0.1) is 16.2 Å². The highest BCUT2D eigenvalue weighted by atomic mass is 32.2. The maximum Gasteiger partial charge on any atom is 0.311 e. The second-order valence-corrected chi connectivity index (χ2v) is 7.17. The summed E-state index contributed by atoms with van der Waals surface area (Å²) in [6.45, 7) is 0.425. The van der Waals surface area contributed by atoms with Crippen molar-refractivity contribution in [2.75, 3.05) is 6.61 Å². The summed E-state index contributed by atoms with van der Waals surface area (Å²) in [5.41, 5.74) is 1.07. The summed E-state index contributed by atoms with van der Waals surface area (Å²) in [7, 11) is 0.